The van der Waals surface area contributed by atoms with Crippen molar-refractivity contribution in [2.75, 3.05) is 14.2 Å². The SMILES string of the molecule is C#CC1CCC(OC)(OC)C(c2ccc(OC(F)F)c(OC(F)F)c2)C1. The summed E-state index contributed by atoms with van der Waals surface area (Å²) in [4.78, 5) is 0. The second kappa shape index (κ2) is 8.60. The average Bonchev–Trinajstić information content (AvgIpc) is 2.61. The van der Waals surface area contributed by atoms with E-state index >= 15 is 0 Å². The van der Waals surface area contributed by atoms with Crippen molar-refractivity contribution in [1.82, 2.24) is 0 Å². The lowest BCUT2D eigenvalue weighted by Gasteiger charge is -2.43. The maximum atomic E-state index is 12.7. The minimum absolute atomic E-state index is 0.0464. The third-order valence-electron chi connectivity index (χ3n) is 4.62. The molecule has 0 spiro atoms. The molecule has 0 saturated heterocycles. The largest absolute Gasteiger partial charge is 0.431 e. The molecule has 1 fully saturated rings. The van der Waals surface area contributed by atoms with Gasteiger partial charge in [-0.2, -0.15) is 17.6 Å². The van der Waals surface area contributed by atoms with E-state index in [1.54, 1.807) is 0 Å². The number of terminal acetylenes is 1. The molecule has 2 rings (SSSR count). The highest BCUT2D eigenvalue weighted by molar-refractivity contribution is 5.45. The van der Waals surface area contributed by atoms with Crippen LogP contribution in [0.5, 0.6) is 11.5 Å². The summed E-state index contributed by atoms with van der Waals surface area (Å²) < 4.78 is 70.1. The van der Waals surface area contributed by atoms with E-state index < -0.39 is 36.4 Å². The highest BCUT2D eigenvalue weighted by Gasteiger charge is 2.45. The van der Waals surface area contributed by atoms with Crippen LogP contribution in [-0.2, 0) is 9.47 Å². The molecule has 4 nitrogen and oxygen atoms in total. The van der Waals surface area contributed by atoms with Crippen molar-refractivity contribution in [3.8, 4) is 23.8 Å². The molecule has 0 aliphatic heterocycles. The summed E-state index contributed by atoms with van der Waals surface area (Å²) in [5.74, 6) is 0.284. The van der Waals surface area contributed by atoms with E-state index in [1.165, 1.54) is 26.4 Å². The molecule has 0 N–H and O–H groups in total. The molecule has 1 aliphatic carbocycles. The van der Waals surface area contributed by atoms with Crippen LogP contribution in [0, 0.1) is 18.3 Å². The highest BCUT2D eigenvalue weighted by atomic mass is 19.3. The van der Waals surface area contributed by atoms with Gasteiger partial charge in [0.15, 0.2) is 17.3 Å². The summed E-state index contributed by atoms with van der Waals surface area (Å²) in [7, 11) is 2.97. The number of hydrogen-bond acceptors (Lipinski definition) is 4. The lowest BCUT2D eigenvalue weighted by atomic mass is 9.74. The Morgan fingerprint density at radius 3 is 2.23 bits per heavy atom. The van der Waals surface area contributed by atoms with Crippen molar-refractivity contribution in [3.63, 3.8) is 0 Å². The third-order valence-corrected chi connectivity index (χ3v) is 4.62. The number of methoxy groups -OCH3 is 2. The lowest BCUT2D eigenvalue weighted by Crippen LogP contribution is -2.44. The summed E-state index contributed by atoms with van der Waals surface area (Å²) in [6.07, 6.45) is 7.20. The third kappa shape index (κ3) is 4.40. The number of halogens is 4. The number of rotatable bonds is 7. The number of alkyl halides is 4. The maximum Gasteiger partial charge on any atom is 0.387 e. The lowest BCUT2D eigenvalue weighted by molar-refractivity contribution is -0.238. The van der Waals surface area contributed by atoms with Gasteiger partial charge in [-0.25, -0.2) is 0 Å². The average molecular weight is 376 g/mol. The van der Waals surface area contributed by atoms with Gasteiger partial charge in [-0.05, 0) is 30.5 Å². The molecule has 2 atom stereocenters. The molecular formula is C18H20F4O4. The molecule has 0 heterocycles. The molecule has 144 valence electrons. The summed E-state index contributed by atoms with van der Waals surface area (Å²) in [5, 5.41) is 0. The van der Waals surface area contributed by atoms with Crippen molar-refractivity contribution in [1.29, 1.82) is 0 Å². The van der Waals surface area contributed by atoms with E-state index in [0.717, 1.165) is 6.07 Å². The minimum Gasteiger partial charge on any atom is -0.431 e. The molecule has 1 aromatic rings. The summed E-state index contributed by atoms with van der Waals surface area (Å²) in [5.41, 5.74) is 0.519. The maximum absolute atomic E-state index is 12.7. The van der Waals surface area contributed by atoms with Gasteiger partial charge < -0.3 is 18.9 Å². The fourth-order valence-electron chi connectivity index (χ4n) is 3.37. The van der Waals surface area contributed by atoms with Crippen molar-refractivity contribution in [3.05, 3.63) is 23.8 Å². The van der Waals surface area contributed by atoms with Crippen LogP contribution in [0.4, 0.5) is 17.6 Å². The first-order valence-corrected chi connectivity index (χ1v) is 7.95. The predicted octanol–water partition coefficient (Wildman–Crippen LogP) is 4.40. The molecule has 26 heavy (non-hydrogen) atoms. The second-order valence-electron chi connectivity index (χ2n) is 5.87. The van der Waals surface area contributed by atoms with Crippen molar-refractivity contribution < 1.29 is 36.5 Å². The zero-order chi connectivity index (χ0) is 19.3. The van der Waals surface area contributed by atoms with Crippen LogP contribution in [0.15, 0.2) is 18.2 Å². The normalized spacial score (nSPS) is 22.3. The summed E-state index contributed by atoms with van der Waals surface area (Å²) >= 11 is 0. The molecule has 0 radical (unpaired) electrons. The molecule has 0 amide bonds. The van der Waals surface area contributed by atoms with Crippen LogP contribution in [0.25, 0.3) is 0 Å². The van der Waals surface area contributed by atoms with Crippen LogP contribution in [0.2, 0.25) is 0 Å². The van der Waals surface area contributed by atoms with Gasteiger partial charge >= 0.3 is 13.2 Å². The Morgan fingerprint density at radius 2 is 1.69 bits per heavy atom. The number of ether oxygens (including phenoxy) is 4. The van der Waals surface area contributed by atoms with Gasteiger partial charge in [0.2, 0.25) is 0 Å². The van der Waals surface area contributed by atoms with Crippen LogP contribution in [0.3, 0.4) is 0 Å². The van der Waals surface area contributed by atoms with E-state index in [4.69, 9.17) is 15.9 Å². The van der Waals surface area contributed by atoms with E-state index in [9.17, 15) is 17.6 Å². The van der Waals surface area contributed by atoms with Crippen LogP contribution in [-0.4, -0.2) is 33.2 Å². The molecule has 1 aromatic carbocycles. The quantitative estimate of drug-likeness (QED) is 0.402. The smallest absolute Gasteiger partial charge is 0.387 e. The fourth-order valence-corrected chi connectivity index (χ4v) is 3.37. The zero-order valence-electron chi connectivity index (χ0n) is 14.4. The van der Waals surface area contributed by atoms with Gasteiger partial charge in [0.05, 0.1) is 0 Å². The van der Waals surface area contributed by atoms with Gasteiger partial charge in [-0.1, -0.05) is 6.07 Å². The van der Waals surface area contributed by atoms with E-state index in [2.05, 4.69) is 15.4 Å². The standard InChI is InChI=1S/C18H20F4O4/c1-4-11-7-8-18(23-2,24-3)13(9-11)12-5-6-14(25-16(19)20)15(10-12)26-17(21)22/h1,5-6,10-11,13,16-17H,7-9H2,2-3H3. The topological polar surface area (TPSA) is 36.9 Å². The Balaban J connectivity index is 2.44. The van der Waals surface area contributed by atoms with Gasteiger partial charge in [0.1, 0.15) is 0 Å². The Morgan fingerprint density at radius 1 is 1.08 bits per heavy atom. The molecule has 0 bridgehead atoms. The van der Waals surface area contributed by atoms with E-state index in [0.29, 0.717) is 24.8 Å². The van der Waals surface area contributed by atoms with E-state index in [1.807, 2.05) is 0 Å². The van der Waals surface area contributed by atoms with Crippen molar-refractivity contribution >= 4 is 0 Å². The van der Waals surface area contributed by atoms with Gasteiger partial charge in [-0.15, -0.1) is 12.3 Å². The van der Waals surface area contributed by atoms with Crippen LogP contribution in [0.1, 0.15) is 30.7 Å². The van der Waals surface area contributed by atoms with Crippen LogP contribution >= 0.6 is 0 Å². The predicted molar refractivity (Wildman–Crippen MR) is 85.4 cm³/mol. The molecule has 1 aliphatic rings. The van der Waals surface area contributed by atoms with Crippen molar-refractivity contribution in [2.24, 2.45) is 5.92 Å². The Kier molecular flexibility index (Phi) is 6.73. The molecular weight excluding hydrogens is 356 g/mol. The second-order valence-corrected chi connectivity index (χ2v) is 5.87. The fraction of sp³-hybridized carbons (Fsp3) is 0.556. The van der Waals surface area contributed by atoms with Gasteiger partial charge in [0.25, 0.3) is 0 Å². The minimum atomic E-state index is -3.19. The molecule has 1 saturated carbocycles. The van der Waals surface area contributed by atoms with Crippen LogP contribution < -0.4 is 9.47 Å². The molecule has 0 aromatic heterocycles. The molecule has 8 heteroatoms. The summed E-state index contributed by atoms with van der Waals surface area (Å²) in [6, 6.07) is 3.89. The Labute approximate surface area is 149 Å². The van der Waals surface area contributed by atoms with E-state index in [-0.39, 0.29) is 5.92 Å². The van der Waals surface area contributed by atoms with Gasteiger partial charge in [-0.3, -0.25) is 0 Å². The monoisotopic (exact) mass is 376 g/mol. The van der Waals surface area contributed by atoms with Crippen molar-refractivity contribution in [2.45, 2.75) is 44.2 Å². The highest BCUT2D eigenvalue weighted by Crippen LogP contribution is 2.47. The Bertz CT molecular complexity index is 641. The Hall–Kier alpha value is -1.98. The first-order valence-electron chi connectivity index (χ1n) is 7.95. The number of benzene rings is 1. The first-order chi connectivity index (χ1) is 12.3. The molecule has 2 unspecified atom stereocenters. The summed E-state index contributed by atoms with van der Waals surface area (Å²) in [6.45, 7) is -6.36. The first kappa shape index (κ1) is 20.3. The number of hydrogen-bond donors (Lipinski definition) is 0. The zero-order valence-corrected chi connectivity index (χ0v) is 14.4. The van der Waals surface area contributed by atoms with Gasteiger partial charge in [0, 0.05) is 32.5 Å².